The monoisotopic (exact) mass is 256 g/mol. The topological polar surface area (TPSA) is 44.8 Å². The van der Waals surface area contributed by atoms with Gasteiger partial charge in [-0.2, -0.15) is 0 Å². The van der Waals surface area contributed by atoms with E-state index in [0.29, 0.717) is 11.5 Å². The number of para-hydroxylation sites is 2. The fraction of sp³-hybridized carbons (Fsp3) is 0.133. The van der Waals surface area contributed by atoms with Crippen LogP contribution in [0.25, 0.3) is 0 Å². The Morgan fingerprint density at radius 2 is 1.53 bits per heavy atom. The number of carbonyl (C=O) groups is 1. The number of hydrogen-bond acceptors (Lipinski definition) is 4. The summed E-state index contributed by atoms with van der Waals surface area (Å²) in [5.74, 6) is 1.38. The maximum absolute atomic E-state index is 11.4. The Hall–Kier alpha value is -2.49. The Kier molecular flexibility index (Phi) is 2.83. The molecule has 0 spiro atoms. The largest absolute Gasteiger partial charge is 0.508 e. The van der Waals surface area contributed by atoms with Crippen LogP contribution in [0.5, 0.6) is 11.5 Å². The van der Waals surface area contributed by atoms with E-state index in [9.17, 15) is 4.79 Å². The number of fused-ring (bicyclic) bond motifs is 2. The van der Waals surface area contributed by atoms with Crippen molar-refractivity contribution >= 4 is 6.16 Å². The van der Waals surface area contributed by atoms with Gasteiger partial charge in [-0.1, -0.05) is 36.4 Å². The fourth-order valence-corrected chi connectivity index (χ4v) is 2.14. The van der Waals surface area contributed by atoms with Gasteiger partial charge in [0.05, 0.1) is 7.11 Å². The number of hydrogen-bond donors (Lipinski definition) is 0. The Balaban J connectivity index is 2.08. The van der Waals surface area contributed by atoms with Gasteiger partial charge in [0, 0.05) is 11.1 Å². The molecule has 3 rings (SSSR count). The molecule has 0 amide bonds. The average molecular weight is 256 g/mol. The number of ether oxygens (including phenoxy) is 3. The Morgan fingerprint density at radius 1 is 1.00 bits per heavy atom. The number of carbonyl (C=O) groups excluding carboxylic acids is 1. The predicted molar refractivity (Wildman–Crippen MR) is 68.3 cm³/mol. The summed E-state index contributed by atoms with van der Waals surface area (Å²) >= 11 is 0. The Morgan fingerprint density at radius 3 is 2.05 bits per heavy atom. The molecule has 0 radical (unpaired) electrons. The minimum absolute atomic E-state index is 0.506. The first-order chi connectivity index (χ1) is 9.29. The van der Waals surface area contributed by atoms with Crippen molar-refractivity contribution in [3.05, 3.63) is 59.7 Å². The zero-order chi connectivity index (χ0) is 13.2. The molecule has 0 aliphatic carbocycles. The second kappa shape index (κ2) is 4.65. The Labute approximate surface area is 110 Å². The first-order valence-corrected chi connectivity index (χ1v) is 5.90. The van der Waals surface area contributed by atoms with E-state index in [1.165, 1.54) is 7.11 Å². The lowest BCUT2D eigenvalue weighted by molar-refractivity contribution is 0.0469. The molecule has 0 fully saturated rings. The summed E-state index contributed by atoms with van der Waals surface area (Å²) in [7, 11) is 1.29. The molecule has 0 unspecified atom stereocenters. The van der Waals surface area contributed by atoms with E-state index in [1.54, 1.807) is 0 Å². The lowest BCUT2D eigenvalue weighted by Gasteiger charge is -2.27. The van der Waals surface area contributed by atoms with Crippen LogP contribution >= 0.6 is 0 Å². The van der Waals surface area contributed by atoms with Gasteiger partial charge >= 0.3 is 6.16 Å². The fourth-order valence-electron chi connectivity index (χ4n) is 2.14. The molecular weight excluding hydrogens is 244 g/mol. The minimum Gasteiger partial charge on any atom is -0.456 e. The number of rotatable bonds is 1. The van der Waals surface area contributed by atoms with Gasteiger partial charge in [0.2, 0.25) is 0 Å². The van der Waals surface area contributed by atoms with Crippen LogP contribution in [0.4, 0.5) is 4.79 Å². The molecule has 4 heteroatoms. The van der Waals surface area contributed by atoms with Crippen molar-refractivity contribution in [3.8, 4) is 11.5 Å². The van der Waals surface area contributed by atoms with Gasteiger partial charge in [-0.25, -0.2) is 4.79 Å². The summed E-state index contributed by atoms with van der Waals surface area (Å²) < 4.78 is 15.7. The van der Waals surface area contributed by atoms with Gasteiger partial charge in [0.1, 0.15) is 11.5 Å². The van der Waals surface area contributed by atoms with Crippen molar-refractivity contribution in [2.45, 2.75) is 6.10 Å². The third kappa shape index (κ3) is 2.01. The van der Waals surface area contributed by atoms with Crippen molar-refractivity contribution < 1.29 is 19.0 Å². The van der Waals surface area contributed by atoms with Crippen molar-refractivity contribution in [3.63, 3.8) is 0 Å². The zero-order valence-electron chi connectivity index (χ0n) is 10.3. The summed E-state index contributed by atoms with van der Waals surface area (Å²) in [6.07, 6.45) is -1.22. The van der Waals surface area contributed by atoms with Crippen LogP contribution in [0.15, 0.2) is 48.5 Å². The molecule has 96 valence electrons. The molecule has 0 atom stereocenters. The summed E-state index contributed by atoms with van der Waals surface area (Å²) in [5.41, 5.74) is 1.62. The Bertz CT molecular complexity index is 576. The van der Waals surface area contributed by atoms with Crippen molar-refractivity contribution in [1.29, 1.82) is 0 Å². The minimum atomic E-state index is -0.712. The van der Waals surface area contributed by atoms with Crippen molar-refractivity contribution in [2.24, 2.45) is 0 Å². The first kappa shape index (κ1) is 11.6. The van der Waals surface area contributed by atoms with Crippen LogP contribution < -0.4 is 4.74 Å². The first-order valence-electron chi connectivity index (χ1n) is 5.90. The smallest absolute Gasteiger partial charge is 0.456 e. The van der Waals surface area contributed by atoms with Gasteiger partial charge < -0.3 is 14.2 Å². The molecule has 1 heterocycles. The van der Waals surface area contributed by atoms with E-state index in [2.05, 4.69) is 4.74 Å². The predicted octanol–water partition coefficient (Wildman–Crippen LogP) is 3.66. The van der Waals surface area contributed by atoms with Crippen LogP contribution in [0.2, 0.25) is 0 Å². The van der Waals surface area contributed by atoms with Gasteiger partial charge in [0.15, 0.2) is 6.10 Å². The summed E-state index contributed by atoms with van der Waals surface area (Å²) in [6.45, 7) is 0. The van der Waals surface area contributed by atoms with Gasteiger partial charge in [0.25, 0.3) is 0 Å². The van der Waals surface area contributed by atoms with Crippen LogP contribution in [-0.4, -0.2) is 13.3 Å². The normalized spacial score (nSPS) is 12.9. The van der Waals surface area contributed by atoms with E-state index >= 15 is 0 Å². The quantitative estimate of drug-likeness (QED) is 0.730. The van der Waals surface area contributed by atoms with E-state index in [4.69, 9.17) is 9.47 Å². The highest BCUT2D eigenvalue weighted by molar-refractivity contribution is 5.62. The van der Waals surface area contributed by atoms with Crippen LogP contribution in [-0.2, 0) is 9.47 Å². The highest BCUT2D eigenvalue weighted by atomic mass is 16.7. The van der Waals surface area contributed by atoms with E-state index in [1.807, 2.05) is 48.5 Å². The standard InChI is InChI=1S/C15H12O4/c1-17-15(16)19-14-10-6-2-4-8-12(10)18-13-9-5-3-7-11(13)14/h2-9,14H,1H3. The molecule has 4 nitrogen and oxygen atoms in total. The lowest BCUT2D eigenvalue weighted by atomic mass is 9.97. The SMILES string of the molecule is COC(=O)OC1c2ccccc2Oc2ccccc21. The van der Waals surface area contributed by atoms with Gasteiger partial charge in [-0.05, 0) is 12.1 Å². The third-order valence-electron chi connectivity index (χ3n) is 3.00. The summed E-state index contributed by atoms with van der Waals surface area (Å²) in [6, 6.07) is 15.0. The molecule has 0 saturated carbocycles. The van der Waals surface area contributed by atoms with Crippen LogP contribution in [0, 0.1) is 0 Å². The zero-order valence-corrected chi connectivity index (χ0v) is 10.3. The van der Waals surface area contributed by atoms with E-state index in [0.717, 1.165) is 11.1 Å². The van der Waals surface area contributed by atoms with Gasteiger partial charge in [-0.15, -0.1) is 0 Å². The number of benzene rings is 2. The van der Waals surface area contributed by atoms with E-state index < -0.39 is 12.3 Å². The summed E-state index contributed by atoms with van der Waals surface area (Å²) in [5, 5.41) is 0. The molecule has 0 N–H and O–H groups in total. The second-order valence-electron chi connectivity index (χ2n) is 4.13. The van der Waals surface area contributed by atoms with Crippen molar-refractivity contribution in [1.82, 2.24) is 0 Å². The maximum Gasteiger partial charge on any atom is 0.508 e. The molecule has 0 bridgehead atoms. The molecule has 0 saturated heterocycles. The maximum atomic E-state index is 11.4. The van der Waals surface area contributed by atoms with Crippen LogP contribution in [0.1, 0.15) is 17.2 Å². The van der Waals surface area contributed by atoms with Crippen molar-refractivity contribution in [2.75, 3.05) is 7.11 Å². The molecule has 2 aromatic rings. The molecular formula is C15H12O4. The lowest BCUT2D eigenvalue weighted by Crippen LogP contribution is -2.17. The third-order valence-corrected chi connectivity index (χ3v) is 3.00. The van der Waals surface area contributed by atoms with E-state index in [-0.39, 0.29) is 0 Å². The highest BCUT2D eigenvalue weighted by Crippen LogP contribution is 2.44. The highest BCUT2D eigenvalue weighted by Gasteiger charge is 2.30. The number of methoxy groups -OCH3 is 1. The second-order valence-corrected chi connectivity index (χ2v) is 4.13. The summed E-state index contributed by atoms with van der Waals surface area (Å²) in [4.78, 5) is 11.4. The molecule has 19 heavy (non-hydrogen) atoms. The molecule has 2 aromatic carbocycles. The van der Waals surface area contributed by atoms with Gasteiger partial charge in [-0.3, -0.25) is 0 Å². The molecule has 1 aliphatic rings. The average Bonchev–Trinajstić information content (AvgIpc) is 2.46. The van der Waals surface area contributed by atoms with Crippen LogP contribution in [0.3, 0.4) is 0 Å². The molecule has 0 aromatic heterocycles. The molecule has 1 aliphatic heterocycles.